The lowest BCUT2D eigenvalue weighted by atomic mass is 9.96. The number of nitrogens with zero attached hydrogens (tertiary/aromatic N) is 2. The van der Waals surface area contributed by atoms with E-state index in [1.54, 1.807) is 14.0 Å². The van der Waals surface area contributed by atoms with E-state index in [0.717, 1.165) is 39.0 Å². The van der Waals surface area contributed by atoms with Crippen LogP contribution in [0.3, 0.4) is 0 Å². The molecule has 1 heterocycles. The van der Waals surface area contributed by atoms with Crippen molar-refractivity contribution in [3.63, 3.8) is 0 Å². The molecule has 0 aromatic heterocycles. The maximum absolute atomic E-state index is 11.3. The third-order valence-electron chi connectivity index (χ3n) is 4.64. The van der Waals surface area contributed by atoms with E-state index in [1.165, 1.54) is 6.42 Å². The van der Waals surface area contributed by atoms with Crippen LogP contribution in [0.1, 0.15) is 39.5 Å². The molecule has 2 N–H and O–H groups in total. The fourth-order valence-electron chi connectivity index (χ4n) is 2.95. The molecule has 20 heavy (non-hydrogen) atoms. The summed E-state index contributed by atoms with van der Waals surface area (Å²) in [6, 6.07) is 0.605. The van der Waals surface area contributed by atoms with Crippen molar-refractivity contribution < 1.29 is 9.90 Å². The maximum atomic E-state index is 11.3. The molecule has 0 bridgehead atoms. The Morgan fingerprint density at radius 1 is 1.45 bits per heavy atom. The molecule has 5 heteroatoms. The summed E-state index contributed by atoms with van der Waals surface area (Å²) in [5.74, 6) is -0.761. The summed E-state index contributed by atoms with van der Waals surface area (Å²) in [7, 11) is 3.92. The van der Waals surface area contributed by atoms with E-state index in [4.69, 9.17) is 0 Å². The third kappa shape index (κ3) is 4.72. The van der Waals surface area contributed by atoms with Crippen molar-refractivity contribution in [1.29, 1.82) is 0 Å². The van der Waals surface area contributed by atoms with Gasteiger partial charge in [0.2, 0.25) is 0 Å². The second kappa shape index (κ2) is 7.96. The molecule has 118 valence electrons. The highest BCUT2D eigenvalue weighted by molar-refractivity contribution is 5.78. The van der Waals surface area contributed by atoms with Crippen LogP contribution in [-0.2, 0) is 4.79 Å². The second-order valence-corrected chi connectivity index (χ2v) is 6.20. The van der Waals surface area contributed by atoms with E-state index in [1.807, 2.05) is 0 Å². The van der Waals surface area contributed by atoms with Crippen molar-refractivity contribution in [3.8, 4) is 0 Å². The van der Waals surface area contributed by atoms with Crippen molar-refractivity contribution in [3.05, 3.63) is 0 Å². The summed E-state index contributed by atoms with van der Waals surface area (Å²) in [5, 5.41) is 12.2. The van der Waals surface area contributed by atoms with E-state index in [0.29, 0.717) is 12.5 Å². The van der Waals surface area contributed by atoms with Crippen LogP contribution in [0.5, 0.6) is 0 Å². The molecule has 0 radical (unpaired) electrons. The summed E-state index contributed by atoms with van der Waals surface area (Å²) in [6.07, 6.45) is 3.95. The molecule has 0 amide bonds. The molecule has 0 aliphatic carbocycles. The van der Waals surface area contributed by atoms with Crippen LogP contribution in [0.25, 0.3) is 0 Å². The summed E-state index contributed by atoms with van der Waals surface area (Å²) in [4.78, 5) is 16.2. The molecule has 0 spiro atoms. The molecule has 2 atom stereocenters. The zero-order valence-corrected chi connectivity index (χ0v) is 13.5. The van der Waals surface area contributed by atoms with Gasteiger partial charge in [0.05, 0.1) is 0 Å². The zero-order valence-electron chi connectivity index (χ0n) is 13.5. The first-order valence-corrected chi connectivity index (χ1v) is 7.78. The number of likely N-dealkylation sites (N-methyl/N-ethyl adjacent to an activating group) is 2. The fraction of sp³-hybridized carbons (Fsp3) is 0.933. The largest absolute Gasteiger partial charge is 0.480 e. The Bertz CT molecular complexity index is 311. The molecule has 1 aliphatic heterocycles. The van der Waals surface area contributed by atoms with Crippen molar-refractivity contribution in [2.75, 3.05) is 40.3 Å². The van der Waals surface area contributed by atoms with Crippen LogP contribution in [0.2, 0.25) is 0 Å². The number of carboxylic acids is 1. The second-order valence-electron chi connectivity index (χ2n) is 6.20. The van der Waals surface area contributed by atoms with Crippen LogP contribution in [-0.4, -0.2) is 72.7 Å². The van der Waals surface area contributed by atoms with Gasteiger partial charge in [0.15, 0.2) is 0 Å². The minimum absolute atomic E-state index is 0.605. The van der Waals surface area contributed by atoms with Gasteiger partial charge in [-0.25, -0.2) is 0 Å². The van der Waals surface area contributed by atoms with Crippen LogP contribution in [0, 0.1) is 0 Å². The van der Waals surface area contributed by atoms with Gasteiger partial charge >= 0.3 is 5.97 Å². The van der Waals surface area contributed by atoms with Crippen LogP contribution >= 0.6 is 0 Å². The lowest BCUT2D eigenvalue weighted by Gasteiger charge is -2.31. The zero-order chi connectivity index (χ0) is 15.2. The summed E-state index contributed by atoms with van der Waals surface area (Å²) in [5.41, 5.74) is -0.801. The highest BCUT2D eigenvalue weighted by Gasteiger charge is 2.31. The molecular weight excluding hydrogens is 254 g/mol. The first-order chi connectivity index (χ1) is 9.42. The smallest absolute Gasteiger partial charge is 0.323 e. The summed E-state index contributed by atoms with van der Waals surface area (Å²) < 4.78 is 0. The van der Waals surface area contributed by atoms with Crippen molar-refractivity contribution >= 4 is 5.97 Å². The first-order valence-electron chi connectivity index (χ1n) is 7.78. The summed E-state index contributed by atoms with van der Waals surface area (Å²) >= 11 is 0. The predicted molar refractivity (Wildman–Crippen MR) is 82.1 cm³/mol. The van der Waals surface area contributed by atoms with Gasteiger partial charge in [-0.3, -0.25) is 9.69 Å². The monoisotopic (exact) mass is 285 g/mol. The standard InChI is InChI=1S/C15H31N3O2/c1-5-13-12-17(4)9-7-11-18(13)10-6-8-15(2,16-3)14(19)20/h13,16H,5-12H2,1-4H3,(H,19,20). The highest BCUT2D eigenvalue weighted by atomic mass is 16.4. The van der Waals surface area contributed by atoms with Crippen molar-refractivity contribution in [1.82, 2.24) is 15.1 Å². The maximum Gasteiger partial charge on any atom is 0.323 e. The molecule has 2 unspecified atom stereocenters. The van der Waals surface area contributed by atoms with E-state index >= 15 is 0 Å². The fourth-order valence-corrected chi connectivity index (χ4v) is 2.95. The SMILES string of the molecule is CCC1CN(C)CCCN1CCCC(C)(NC)C(=O)O. The average Bonchev–Trinajstić information content (AvgIpc) is 2.59. The Labute approximate surface area is 123 Å². The number of hydrogen-bond acceptors (Lipinski definition) is 4. The van der Waals surface area contributed by atoms with Crippen LogP contribution in [0.15, 0.2) is 0 Å². The number of aliphatic carboxylic acids is 1. The molecule has 1 saturated heterocycles. The van der Waals surface area contributed by atoms with Crippen LogP contribution < -0.4 is 5.32 Å². The minimum Gasteiger partial charge on any atom is -0.480 e. The normalized spacial score (nSPS) is 25.1. The average molecular weight is 285 g/mol. The van der Waals surface area contributed by atoms with Crippen LogP contribution in [0.4, 0.5) is 0 Å². The minimum atomic E-state index is -0.801. The Balaban J connectivity index is 2.48. The van der Waals surface area contributed by atoms with E-state index in [2.05, 4.69) is 29.1 Å². The van der Waals surface area contributed by atoms with Gasteiger partial charge in [-0.1, -0.05) is 6.92 Å². The summed E-state index contributed by atoms with van der Waals surface area (Å²) in [6.45, 7) is 8.42. The number of rotatable bonds is 7. The van der Waals surface area contributed by atoms with E-state index < -0.39 is 11.5 Å². The van der Waals surface area contributed by atoms with Gasteiger partial charge in [-0.2, -0.15) is 0 Å². The van der Waals surface area contributed by atoms with E-state index in [9.17, 15) is 9.90 Å². The third-order valence-corrected chi connectivity index (χ3v) is 4.64. The molecule has 1 fully saturated rings. The van der Waals surface area contributed by atoms with Gasteiger partial charge in [0.1, 0.15) is 5.54 Å². The highest BCUT2D eigenvalue weighted by Crippen LogP contribution is 2.16. The molecule has 0 aromatic rings. The van der Waals surface area contributed by atoms with Crippen molar-refractivity contribution in [2.24, 2.45) is 0 Å². The Morgan fingerprint density at radius 2 is 2.15 bits per heavy atom. The lowest BCUT2D eigenvalue weighted by molar-refractivity contribution is -0.144. The molecule has 0 aromatic carbocycles. The van der Waals surface area contributed by atoms with Gasteiger partial charge in [0, 0.05) is 12.6 Å². The topological polar surface area (TPSA) is 55.8 Å². The molecule has 5 nitrogen and oxygen atoms in total. The predicted octanol–water partition coefficient (Wildman–Crippen LogP) is 1.25. The van der Waals surface area contributed by atoms with Gasteiger partial charge in [0.25, 0.3) is 0 Å². The molecule has 0 saturated carbocycles. The van der Waals surface area contributed by atoms with Gasteiger partial charge < -0.3 is 15.3 Å². The first kappa shape index (κ1) is 17.4. The van der Waals surface area contributed by atoms with Gasteiger partial charge in [-0.05, 0) is 66.3 Å². The molecule has 1 rings (SSSR count). The quantitative estimate of drug-likeness (QED) is 0.737. The number of nitrogens with one attached hydrogen (secondary N) is 1. The Morgan fingerprint density at radius 3 is 2.70 bits per heavy atom. The number of carboxylic acid groups (broad SMARTS) is 1. The molecule has 1 aliphatic rings. The number of carbonyl (C=O) groups is 1. The lowest BCUT2D eigenvalue weighted by Crippen LogP contribution is -2.48. The Hall–Kier alpha value is -0.650. The van der Waals surface area contributed by atoms with Gasteiger partial charge in [-0.15, -0.1) is 0 Å². The number of hydrogen-bond donors (Lipinski definition) is 2. The van der Waals surface area contributed by atoms with Crippen molar-refractivity contribution in [2.45, 2.75) is 51.1 Å². The van der Waals surface area contributed by atoms with E-state index in [-0.39, 0.29) is 0 Å². The molecular formula is C15H31N3O2. The Kier molecular flexibility index (Phi) is 6.92.